The van der Waals surface area contributed by atoms with E-state index in [1.54, 1.807) is 18.3 Å². The second kappa shape index (κ2) is 10.5. The number of benzene rings is 3. The largest absolute Gasteiger partial charge is 0.360 e. The maximum Gasteiger partial charge on any atom is 0.251 e. The molecule has 0 saturated carbocycles. The van der Waals surface area contributed by atoms with Gasteiger partial charge in [0, 0.05) is 41.3 Å². The highest BCUT2D eigenvalue weighted by Crippen LogP contribution is 2.26. The van der Waals surface area contributed by atoms with Crippen LogP contribution in [0.5, 0.6) is 0 Å². The molecule has 0 aliphatic heterocycles. The number of H-pyrrole nitrogens is 1. The van der Waals surface area contributed by atoms with Crippen LogP contribution in [0.3, 0.4) is 0 Å². The first-order valence-corrected chi connectivity index (χ1v) is 11.8. The summed E-state index contributed by atoms with van der Waals surface area (Å²) in [6.07, 6.45) is 1.75. The molecular weight excluding hydrogens is 422 g/mol. The summed E-state index contributed by atoms with van der Waals surface area (Å²) in [5.41, 5.74) is 5.35. The van der Waals surface area contributed by atoms with Crippen molar-refractivity contribution in [2.45, 2.75) is 32.7 Å². The van der Waals surface area contributed by atoms with E-state index < -0.39 is 6.04 Å². The minimum absolute atomic E-state index is 0.000633. The molecule has 4 rings (SSSR count). The summed E-state index contributed by atoms with van der Waals surface area (Å²) in [6.45, 7) is 7.36. The van der Waals surface area contributed by atoms with Crippen molar-refractivity contribution in [3.05, 3.63) is 107 Å². The molecule has 1 amide bonds. The van der Waals surface area contributed by atoms with E-state index in [9.17, 15) is 9.59 Å². The number of amides is 1. The van der Waals surface area contributed by atoms with Crippen molar-refractivity contribution in [3.63, 3.8) is 0 Å². The Balaban J connectivity index is 1.60. The summed E-state index contributed by atoms with van der Waals surface area (Å²) in [7, 11) is 0. The van der Waals surface area contributed by atoms with Crippen molar-refractivity contribution in [2.24, 2.45) is 0 Å². The molecule has 3 aromatic carbocycles. The molecule has 1 heterocycles. The van der Waals surface area contributed by atoms with Crippen molar-refractivity contribution in [1.29, 1.82) is 0 Å². The first-order valence-electron chi connectivity index (χ1n) is 11.8. The zero-order valence-corrected chi connectivity index (χ0v) is 19.9. The molecule has 34 heavy (non-hydrogen) atoms. The van der Waals surface area contributed by atoms with E-state index in [4.69, 9.17) is 0 Å². The highest BCUT2D eigenvalue weighted by molar-refractivity contribution is 6.11. The molecule has 0 aliphatic rings. The number of hydrogen-bond acceptors (Lipinski definition) is 3. The van der Waals surface area contributed by atoms with Crippen LogP contribution >= 0.6 is 0 Å². The Morgan fingerprint density at radius 3 is 2.38 bits per heavy atom. The molecule has 0 unspecified atom stereocenters. The van der Waals surface area contributed by atoms with Gasteiger partial charge in [-0.25, -0.2) is 0 Å². The number of aromatic amines is 1. The lowest BCUT2D eigenvalue weighted by Crippen LogP contribution is -2.31. The SMILES string of the molecule is CCNC(=O)c1ccc2c(C(=O)[C@H](NC[C@H](C)c3ccc(C)cc3)c3ccccc3)c[nH]c2c1. The number of aryl methyl sites for hydroxylation is 1. The van der Waals surface area contributed by atoms with Gasteiger partial charge in [0.25, 0.3) is 5.91 Å². The Bertz CT molecular complexity index is 1280. The van der Waals surface area contributed by atoms with Crippen LogP contribution in [0, 0.1) is 6.92 Å². The molecule has 0 fully saturated rings. The van der Waals surface area contributed by atoms with Crippen LogP contribution in [0.2, 0.25) is 0 Å². The molecule has 0 spiro atoms. The van der Waals surface area contributed by atoms with Crippen molar-refractivity contribution < 1.29 is 9.59 Å². The van der Waals surface area contributed by atoms with E-state index in [2.05, 4.69) is 53.7 Å². The number of fused-ring (bicyclic) bond motifs is 1. The quantitative estimate of drug-likeness (QED) is 0.291. The normalized spacial score (nSPS) is 12.9. The summed E-state index contributed by atoms with van der Waals surface area (Å²) < 4.78 is 0. The monoisotopic (exact) mass is 453 g/mol. The van der Waals surface area contributed by atoms with E-state index in [-0.39, 0.29) is 17.6 Å². The van der Waals surface area contributed by atoms with Gasteiger partial charge in [-0.2, -0.15) is 0 Å². The van der Waals surface area contributed by atoms with E-state index in [1.165, 1.54) is 11.1 Å². The number of hydrogen-bond donors (Lipinski definition) is 3. The Labute approximate surface area is 200 Å². The van der Waals surface area contributed by atoms with Gasteiger partial charge in [-0.05, 0) is 43.0 Å². The summed E-state index contributed by atoms with van der Waals surface area (Å²) >= 11 is 0. The number of rotatable bonds is 9. The fraction of sp³-hybridized carbons (Fsp3) is 0.241. The Morgan fingerprint density at radius 2 is 1.68 bits per heavy atom. The minimum atomic E-state index is -0.476. The molecule has 0 saturated heterocycles. The lowest BCUT2D eigenvalue weighted by atomic mass is 9.95. The second-order valence-electron chi connectivity index (χ2n) is 8.75. The molecule has 0 bridgehead atoms. The molecule has 1 aromatic heterocycles. The first-order chi connectivity index (χ1) is 16.5. The number of aromatic nitrogens is 1. The molecule has 5 heteroatoms. The minimum Gasteiger partial charge on any atom is -0.360 e. The van der Waals surface area contributed by atoms with Gasteiger partial charge >= 0.3 is 0 Å². The van der Waals surface area contributed by atoms with Crippen LogP contribution < -0.4 is 10.6 Å². The Hall–Kier alpha value is -3.70. The predicted octanol–water partition coefficient (Wildman–Crippen LogP) is 5.54. The van der Waals surface area contributed by atoms with E-state index in [0.717, 1.165) is 16.5 Å². The summed E-state index contributed by atoms with van der Waals surface area (Å²) in [4.78, 5) is 29.2. The van der Waals surface area contributed by atoms with Gasteiger partial charge in [0.1, 0.15) is 0 Å². The summed E-state index contributed by atoms with van der Waals surface area (Å²) in [5, 5.41) is 7.14. The third kappa shape index (κ3) is 5.10. The van der Waals surface area contributed by atoms with Crippen LogP contribution in [-0.4, -0.2) is 29.8 Å². The third-order valence-corrected chi connectivity index (χ3v) is 6.22. The van der Waals surface area contributed by atoms with Crippen LogP contribution in [0.1, 0.15) is 63.2 Å². The smallest absolute Gasteiger partial charge is 0.251 e. The average Bonchev–Trinajstić information content (AvgIpc) is 3.28. The zero-order valence-electron chi connectivity index (χ0n) is 19.9. The average molecular weight is 454 g/mol. The summed E-state index contributed by atoms with van der Waals surface area (Å²) in [5.74, 6) is 0.127. The Morgan fingerprint density at radius 1 is 0.941 bits per heavy atom. The van der Waals surface area contributed by atoms with Crippen molar-refractivity contribution in [1.82, 2.24) is 15.6 Å². The molecule has 3 N–H and O–H groups in total. The number of Topliss-reactive ketones (excluding diaryl/α,β-unsaturated/α-hetero) is 1. The van der Waals surface area contributed by atoms with Crippen LogP contribution in [-0.2, 0) is 0 Å². The lowest BCUT2D eigenvalue weighted by molar-refractivity contribution is 0.0940. The van der Waals surface area contributed by atoms with Crippen molar-refractivity contribution >= 4 is 22.6 Å². The van der Waals surface area contributed by atoms with Crippen molar-refractivity contribution in [3.8, 4) is 0 Å². The topological polar surface area (TPSA) is 74.0 Å². The highest BCUT2D eigenvalue weighted by Gasteiger charge is 2.25. The number of nitrogens with one attached hydrogen (secondary N) is 3. The Kier molecular flexibility index (Phi) is 7.24. The number of carbonyl (C=O) groups excluding carboxylic acids is 2. The summed E-state index contributed by atoms with van der Waals surface area (Å²) in [6, 6.07) is 23.3. The van der Waals surface area contributed by atoms with E-state index in [1.807, 2.05) is 43.3 Å². The standard InChI is InChI=1S/C29H31N3O2/c1-4-30-29(34)23-14-15-24-25(18-31-26(24)16-23)28(33)27(22-8-6-5-7-9-22)32-17-20(3)21-12-10-19(2)11-13-21/h5-16,18,20,27,31-32H,4,17H2,1-3H3,(H,30,34)/t20-,27+/m0/s1. The second-order valence-corrected chi connectivity index (χ2v) is 8.75. The number of ketones is 1. The van der Waals surface area contributed by atoms with Crippen LogP contribution in [0.15, 0.2) is 79.0 Å². The fourth-order valence-corrected chi connectivity index (χ4v) is 4.20. The number of carbonyl (C=O) groups is 2. The van der Waals surface area contributed by atoms with Gasteiger partial charge in [-0.3, -0.25) is 9.59 Å². The molecule has 4 aromatic rings. The zero-order chi connectivity index (χ0) is 24.1. The predicted molar refractivity (Wildman–Crippen MR) is 137 cm³/mol. The molecule has 0 aliphatic carbocycles. The van der Waals surface area contributed by atoms with E-state index in [0.29, 0.717) is 24.2 Å². The molecule has 2 atom stereocenters. The van der Waals surface area contributed by atoms with Crippen LogP contribution in [0.25, 0.3) is 10.9 Å². The lowest BCUT2D eigenvalue weighted by Gasteiger charge is -2.21. The van der Waals surface area contributed by atoms with E-state index >= 15 is 0 Å². The third-order valence-electron chi connectivity index (χ3n) is 6.22. The maximum absolute atomic E-state index is 13.8. The van der Waals surface area contributed by atoms with Gasteiger partial charge in [0.05, 0.1) is 6.04 Å². The van der Waals surface area contributed by atoms with Gasteiger partial charge in [0.15, 0.2) is 5.78 Å². The maximum atomic E-state index is 13.8. The van der Waals surface area contributed by atoms with Gasteiger partial charge in [0.2, 0.25) is 0 Å². The fourth-order valence-electron chi connectivity index (χ4n) is 4.20. The van der Waals surface area contributed by atoms with Crippen LogP contribution in [0.4, 0.5) is 0 Å². The van der Waals surface area contributed by atoms with Gasteiger partial charge in [-0.15, -0.1) is 0 Å². The van der Waals surface area contributed by atoms with Crippen molar-refractivity contribution in [2.75, 3.05) is 13.1 Å². The molecule has 5 nitrogen and oxygen atoms in total. The molecule has 0 radical (unpaired) electrons. The molecule has 174 valence electrons. The first kappa shape index (κ1) is 23.5. The van der Waals surface area contributed by atoms with Gasteiger partial charge in [-0.1, -0.05) is 73.2 Å². The molecular formula is C29H31N3O2. The highest BCUT2D eigenvalue weighted by atomic mass is 16.1. The van der Waals surface area contributed by atoms with Gasteiger partial charge < -0.3 is 15.6 Å².